The molecule has 2 rings (SSSR count). The van der Waals surface area contributed by atoms with Crippen LogP contribution in [0.15, 0.2) is 6.07 Å². The van der Waals surface area contributed by atoms with Crippen molar-refractivity contribution in [1.82, 2.24) is 10.3 Å². The number of carbonyl (C=O) groups excluding carboxylic acids is 1. The van der Waals surface area contributed by atoms with E-state index < -0.39 is 0 Å². The first kappa shape index (κ1) is 14.2. The second-order valence-electron chi connectivity index (χ2n) is 4.39. The second kappa shape index (κ2) is 6.30. The maximum atomic E-state index is 11.4. The molecule has 0 atom stereocenters. The number of nitrogens with zero attached hydrogens (tertiary/aromatic N) is 1. The first-order chi connectivity index (χ1) is 9.11. The van der Waals surface area contributed by atoms with Crippen molar-refractivity contribution in [2.24, 2.45) is 5.92 Å². The van der Waals surface area contributed by atoms with E-state index in [2.05, 4.69) is 20.9 Å². The predicted molar refractivity (Wildman–Crippen MR) is 78.0 cm³/mol. The summed E-state index contributed by atoms with van der Waals surface area (Å²) in [5, 5.41) is 9.75. The van der Waals surface area contributed by atoms with Gasteiger partial charge in [-0.05, 0) is 18.9 Å². The Balaban J connectivity index is 1.83. The summed E-state index contributed by atoms with van der Waals surface area (Å²) >= 11 is 12.0. The van der Waals surface area contributed by atoms with Gasteiger partial charge in [0.05, 0.1) is 10.0 Å². The van der Waals surface area contributed by atoms with Gasteiger partial charge in [0, 0.05) is 26.1 Å². The lowest BCUT2D eigenvalue weighted by atomic mass is 10.4. The summed E-state index contributed by atoms with van der Waals surface area (Å²) in [5.41, 5.74) is 0. The minimum Gasteiger partial charge on any atom is -0.372 e. The summed E-state index contributed by atoms with van der Waals surface area (Å²) in [5.74, 6) is 1.48. The van der Waals surface area contributed by atoms with Crippen LogP contribution in [0.4, 0.5) is 11.6 Å². The number of halogens is 2. The molecule has 1 saturated carbocycles. The molecule has 0 bridgehead atoms. The van der Waals surface area contributed by atoms with Gasteiger partial charge in [0.25, 0.3) is 0 Å². The fourth-order valence-electron chi connectivity index (χ4n) is 1.62. The van der Waals surface area contributed by atoms with Crippen LogP contribution >= 0.6 is 23.2 Å². The molecule has 1 aromatic rings. The van der Waals surface area contributed by atoms with Crippen LogP contribution in [0.3, 0.4) is 0 Å². The van der Waals surface area contributed by atoms with Crippen LogP contribution in [-0.4, -0.2) is 31.0 Å². The van der Waals surface area contributed by atoms with Crippen LogP contribution in [0.25, 0.3) is 0 Å². The quantitative estimate of drug-likeness (QED) is 0.706. The van der Waals surface area contributed by atoms with Gasteiger partial charge in [-0.3, -0.25) is 4.79 Å². The molecule has 5 nitrogen and oxygen atoms in total. The van der Waals surface area contributed by atoms with Crippen LogP contribution in [0.5, 0.6) is 0 Å². The maximum Gasteiger partial charge on any atom is 0.223 e. The number of amides is 1. The number of anilines is 2. The van der Waals surface area contributed by atoms with Crippen molar-refractivity contribution < 1.29 is 4.79 Å². The van der Waals surface area contributed by atoms with Crippen molar-refractivity contribution in [2.75, 3.05) is 30.8 Å². The molecular formula is C12H16Cl2N4O. The van der Waals surface area contributed by atoms with E-state index >= 15 is 0 Å². The van der Waals surface area contributed by atoms with E-state index in [0.29, 0.717) is 34.8 Å². The standard InChI is InChI=1S/C12H16Cl2N4O/c1-15-10-8(13)6-9(14)11(18-10)16-4-5-17-12(19)7-2-3-7/h6-7H,2-5H2,1H3,(H,17,19)(H2,15,16,18). The van der Waals surface area contributed by atoms with Gasteiger partial charge in [0.1, 0.15) is 11.6 Å². The molecule has 19 heavy (non-hydrogen) atoms. The zero-order chi connectivity index (χ0) is 13.8. The van der Waals surface area contributed by atoms with Gasteiger partial charge in [-0.15, -0.1) is 0 Å². The fourth-order valence-corrected chi connectivity index (χ4v) is 2.14. The summed E-state index contributed by atoms with van der Waals surface area (Å²) in [6, 6.07) is 1.63. The average molecular weight is 303 g/mol. The number of aromatic nitrogens is 1. The van der Waals surface area contributed by atoms with E-state index in [0.717, 1.165) is 12.8 Å². The van der Waals surface area contributed by atoms with Crippen molar-refractivity contribution in [3.8, 4) is 0 Å². The highest BCUT2D eigenvalue weighted by Crippen LogP contribution is 2.29. The lowest BCUT2D eigenvalue weighted by Gasteiger charge is -2.11. The zero-order valence-electron chi connectivity index (χ0n) is 10.6. The van der Waals surface area contributed by atoms with Gasteiger partial charge in [-0.2, -0.15) is 0 Å². The average Bonchev–Trinajstić information content (AvgIpc) is 3.20. The smallest absolute Gasteiger partial charge is 0.223 e. The van der Waals surface area contributed by atoms with Crippen LogP contribution in [0, 0.1) is 5.92 Å². The molecule has 1 amide bonds. The van der Waals surface area contributed by atoms with Crippen molar-refractivity contribution in [2.45, 2.75) is 12.8 Å². The van der Waals surface area contributed by atoms with E-state index in [9.17, 15) is 4.79 Å². The Kier molecular flexibility index (Phi) is 4.71. The van der Waals surface area contributed by atoms with Crippen molar-refractivity contribution >= 4 is 40.7 Å². The number of carbonyl (C=O) groups is 1. The third-order valence-corrected chi connectivity index (χ3v) is 3.41. The summed E-state index contributed by atoms with van der Waals surface area (Å²) in [6.45, 7) is 1.11. The van der Waals surface area contributed by atoms with Gasteiger partial charge in [0.15, 0.2) is 0 Å². The third kappa shape index (κ3) is 3.88. The minimum absolute atomic E-state index is 0.132. The molecule has 0 saturated heterocycles. The molecule has 7 heteroatoms. The monoisotopic (exact) mass is 302 g/mol. The largest absolute Gasteiger partial charge is 0.372 e. The zero-order valence-corrected chi connectivity index (χ0v) is 12.1. The number of pyridine rings is 1. The SMILES string of the molecule is CNc1nc(NCCNC(=O)C2CC2)c(Cl)cc1Cl. The van der Waals surface area contributed by atoms with Gasteiger partial charge < -0.3 is 16.0 Å². The summed E-state index contributed by atoms with van der Waals surface area (Å²) in [4.78, 5) is 15.7. The fraction of sp³-hybridized carbons (Fsp3) is 0.500. The first-order valence-corrected chi connectivity index (χ1v) is 6.92. The minimum atomic E-state index is 0.132. The lowest BCUT2D eigenvalue weighted by molar-refractivity contribution is -0.122. The van der Waals surface area contributed by atoms with Gasteiger partial charge in [-0.1, -0.05) is 23.2 Å². The normalized spacial score (nSPS) is 14.1. The molecule has 0 unspecified atom stereocenters. The van der Waals surface area contributed by atoms with Crippen LogP contribution in [0.2, 0.25) is 10.0 Å². The number of nitrogens with one attached hydrogen (secondary N) is 3. The van der Waals surface area contributed by atoms with Gasteiger partial charge in [0.2, 0.25) is 5.91 Å². The van der Waals surface area contributed by atoms with Crippen LogP contribution in [0.1, 0.15) is 12.8 Å². The Morgan fingerprint density at radius 3 is 2.63 bits per heavy atom. The molecule has 0 radical (unpaired) electrons. The van der Waals surface area contributed by atoms with E-state index in [1.807, 2.05) is 0 Å². The highest BCUT2D eigenvalue weighted by Gasteiger charge is 2.28. The lowest BCUT2D eigenvalue weighted by Crippen LogP contribution is -2.30. The highest BCUT2D eigenvalue weighted by atomic mass is 35.5. The molecular weight excluding hydrogens is 287 g/mol. The summed E-state index contributed by atoms with van der Waals surface area (Å²) < 4.78 is 0. The molecule has 0 spiro atoms. The van der Waals surface area contributed by atoms with Crippen LogP contribution in [-0.2, 0) is 4.79 Å². The molecule has 0 aromatic carbocycles. The molecule has 1 fully saturated rings. The highest BCUT2D eigenvalue weighted by molar-refractivity contribution is 6.37. The molecule has 3 N–H and O–H groups in total. The molecule has 1 heterocycles. The first-order valence-electron chi connectivity index (χ1n) is 6.17. The summed E-state index contributed by atoms with van der Waals surface area (Å²) in [7, 11) is 1.74. The third-order valence-electron chi connectivity index (χ3n) is 2.83. The Morgan fingerprint density at radius 1 is 1.32 bits per heavy atom. The van der Waals surface area contributed by atoms with Gasteiger partial charge >= 0.3 is 0 Å². The molecule has 0 aliphatic heterocycles. The van der Waals surface area contributed by atoms with Crippen molar-refractivity contribution in [1.29, 1.82) is 0 Å². The van der Waals surface area contributed by atoms with E-state index in [4.69, 9.17) is 23.2 Å². The summed E-state index contributed by atoms with van der Waals surface area (Å²) in [6.07, 6.45) is 2.02. The Labute approximate surface area is 122 Å². The topological polar surface area (TPSA) is 66.1 Å². The molecule has 1 aromatic heterocycles. The van der Waals surface area contributed by atoms with E-state index in [1.165, 1.54) is 0 Å². The Bertz CT molecular complexity index is 477. The number of hydrogen-bond donors (Lipinski definition) is 3. The van der Waals surface area contributed by atoms with Gasteiger partial charge in [-0.25, -0.2) is 4.98 Å². The van der Waals surface area contributed by atoms with Crippen LogP contribution < -0.4 is 16.0 Å². The van der Waals surface area contributed by atoms with Crippen molar-refractivity contribution in [3.05, 3.63) is 16.1 Å². The predicted octanol–water partition coefficient (Wildman–Crippen LogP) is 2.37. The Morgan fingerprint density at radius 2 is 2.00 bits per heavy atom. The maximum absolute atomic E-state index is 11.4. The second-order valence-corrected chi connectivity index (χ2v) is 5.21. The molecule has 104 valence electrons. The van der Waals surface area contributed by atoms with E-state index in [-0.39, 0.29) is 11.8 Å². The molecule has 1 aliphatic carbocycles. The van der Waals surface area contributed by atoms with Crippen molar-refractivity contribution in [3.63, 3.8) is 0 Å². The number of hydrogen-bond acceptors (Lipinski definition) is 4. The number of rotatable bonds is 6. The molecule has 1 aliphatic rings. The Hall–Kier alpha value is -1.20. The van der Waals surface area contributed by atoms with E-state index in [1.54, 1.807) is 13.1 Å².